The summed E-state index contributed by atoms with van der Waals surface area (Å²) in [6.45, 7) is 15.4. The predicted molar refractivity (Wildman–Crippen MR) is 113 cm³/mol. The van der Waals surface area contributed by atoms with Crippen LogP contribution in [-0.2, 0) is 16.1 Å². The van der Waals surface area contributed by atoms with Crippen molar-refractivity contribution < 1.29 is 9.47 Å². The van der Waals surface area contributed by atoms with Crippen molar-refractivity contribution >= 4 is 25.6 Å². The molecule has 2 rings (SSSR count). The molecule has 134 valence electrons. The molecule has 0 fully saturated rings. The number of hydrogen-bond acceptors (Lipinski definition) is 2. The zero-order valence-electron chi connectivity index (χ0n) is 15.9. The minimum atomic E-state index is -1.55. The zero-order chi connectivity index (χ0) is 18.3. The summed E-state index contributed by atoms with van der Waals surface area (Å²) >= 11 is 0. The van der Waals surface area contributed by atoms with Crippen LogP contribution in [0.2, 0.25) is 26.2 Å². The molecule has 25 heavy (non-hydrogen) atoms. The monoisotopic (exact) mass is 370 g/mol. The molecule has 0 radical (unpaired) electrons. The maximum absolute atomic E-state index is 5.63. The Kier molecular flexibility index (Phi) is 6.82. The van der Waals surface area contributed by atoms with Crippen molar-refractivity contribution in [1.82, 2.24) is 0 Å². The van der Waals surface area contributed by atoms with Gasteiger partial charge in [0.25, 0.3) is 0 Å². The van der Waals surface area contributed by atoms with E-state index in [0.717, 1.165) is 0 Å². The van der Waals surface area contributed by atoms with Gasteiger partial charge in [-0.05, 0) is 5.56 Å². The molecule has 0 saturated heterocycles. The van der Waals surface area contributed by atoms with Gasteiger partial charge in [-0.1, -0.05) is 97.7 Å². The first-order valence-corrected chi connectivity index (χ1v) is 15.8. The molecule has 0 N–H and O–H groups in total. The fraction of sp³-hybridized carbons (Fsp3) is 0.333. The first kappa shape index (κ1) is 19.7. The summed E-state index contributed by atoms with van der Waals surface area (Å²) in [5, 5.41) is 3.09. The Morgan fingerprint density at radius 2 is 1.36 bits per heavy atom. The summed E-state index contributed by atoms with van der Waals surface area (Å²) in [6, 6.07) is 20.2. The summed E-state index contributed by atoms with van der Waals surface area (Å²) in [4.78, 5) is 0. The van der Waals surface area contributed by atoms with E-state index in [1.807, 2.05) is 0 Å². The van der Waals surface area contributed by atoms with Crippen molar-refractivity contribution in [3.63, 3.8) is 0 Å². The molecule has 0 unspecified atom stereocenters. The van der Waals surface area contributed by atoms with Gasteiger partial charge in [0.1, 0.15) is 6.61 Å². The van der Waals surface area contributed by atoms with E-state index in [2.05, 4.69) is 87.4 Å². The van der Waals surface area contributed by atoms with E-state index >= 15 is 0 Å². The third-order valence-electron chi connectivity index (χ3n) is 5.47. The van der Waals surface area contributed by atoms with Gasteiger partial charge in [-0.15, -0.1) is 0 Å². The first-order valence-electron chi connectivity index (χ1n) is 8.85. The topological polar surface area (TPSA) is 18.5 Å². The second-order valence-corrected chi connectivity index (χ2v) is 22.6. The van der Waals surface area contributed by atoms with Gasteiger partial charge in [0, 0.05) is 0 Å². The fourth-order valence-corrected chi connectivity index (χ4v) is 11.8. The first-order chi connectivity index (χ1) is 11.9. The SMILES string of the molecule is C=COCCOCc1ccc([Si](C)(C)[Si](C)(C)c2ccccc2)cc1. The number of ether oxygens (including phenoxy) is 2. The Hall–Kier alpha value is -1.63. The highest BCUT2D eigenvalue weighted by molar-refractivity contribution is 7.49. The molecular formula is C21H30O2Si2. The summed E-state index contributed by atoms with van der Waals surface area (Å²) in [7, 11) is -3.08. The molecule has 2 nitrogen and oxygen atoms in total. The van der Waals surface area contributed by atoms with Gasteiger partial charge in [0.15, 0.2) is 0 Å². The quantitative estimate of drug-likeness (QED) is 0.378. The Morgan fingerprint density at radius 1 is 0.800 bits per heavy atom. The van der Waals surface area contributed by atoms with Crippen LogP contribution >= 0.6 is 0 Å². The highest BCUT2D eigenvalue weighted by atomic mass is 29.3. The maximum Gasteiger partial charge on any atom is 0.111 e. The van der Waals surface area contributed by atoms with E-state index in [9.17, 15) is 0 Å². The van der Waals surface area contributed by atoms with Crippen LogP contribution in [0.3, 0.4) is 0 Å². The van der Waals surface area contributed by atoms with Crippen LogP contribution < -0.4 is 10.4 Å². The minimum Gasteiger partial charge on any atom is -0.499 e. The Bertz CT molecular complexity index is 664. The molecule has 2 aromatic carbocycles. The molecule has 0 spiro atoms. The average Bonchev–Trinajstić information content (AvgIpc) is 2.62. The molecule has 0 saturated carbocycles. The van der Waals surface area contributed by atoms with E-state index in [4.69, 9.17) is 9.47 Å². The van der Waals surface area contributed by atoms with Crippen molar-refractivity contribution in [3.8, 4) is 0 Å². The van der Waals surface area contributed by atoms with Crippen LogP contribution in [-0.4, -0.2) is 28.4 Å². The Morgan fingerprint density at radius 3 is 1.92 bits per heavy atom. The number of benzene rings is 2. The predicted octanol–water partition coefficient (Wildman–Crippen LogP) is 3.97. The molecule has 2 aromatic rings. The Balaban J connectivity index is 2.08. The summed E-state index contributed by atoms with van der Waals surface area (Å²) in [6.07, 6.45) is 1.45. The highest BCUT2D eigenvalue weighted by Crippen LogP contribution is 2.20. The lowest BCUT2D eigenvalue weighted by atomic mass is 10.2. The van der Waals surface area contributed by atoms with Crippen LogP contribution in [0.15, 0.2) is 67.4 Å². The van der Waals surface area contributed by atoms with Gasteiger partial charge < -0.3 is 9.47 Å². The lowest BCUT2D eigenvalue weighted by Crippen LogP contribution is -2.69. The molecule has 0 heterocycles. The second-order valence-electron chi connectivity index (χ2n) is 7.40. The van der Waals surface area contributed by atoms with Crippen LogP contribution in [0.5, 0.6) is 0 Å². The van der Waals surface area contributed by atoms with Crippen LogP contribution in [0, 0.1) is 0 Å². The summed E-state index contributed by atoms with van der Waals surface area (Å²) < 4.78 is 10.7. The Labute approximate surface area is 154 Å². The standard InChI is InChI=1S/C21H30O2Si2/c1-6-22-16-17-23-18-19-12-14-21(15-13-19)25(4,5)24(2,3)20-10-8-7-9-11-20/h6-15H,1,16-18H2,2-5H3. The molecule has 0 bridgehead atoms. The van der Waals surface area contributed by atoms with E-state index < -0.39 is 15.2 Å². The second kappa shape index (κ2) is 8.65. The van der Waals surface area contributed by atoms with Crippen molar-refractivity contribution in [3.05, 3.63) is 73.0 Å². The molecule has 0 aliphatic carbocycles. The van der Waals surface area contributed by atoms with E-state index in [1.165, 1.54) is 17.0 Å². The maximum atomic E-state index is 5.63. The summed E-state index contributed by atoms with van der Waals surface area (Å²) in [5.74, 6) is 0. The normalized spacial score (nSPS) is 12.0. The molecule has 0 aromatic heterocycles. The van der Waals surface area contributed by atoms with Crippen molar-refractivity contribution in [1.29, 1.82) is 0 Å². The summed E-state index contributed by atoms with van der Waals surface area (Å²) in [5.41, 5.74) is 1.21. The van der Waals surface area contributed by atoms with Crippen molar-refractivity contribution in [2.45, 2.75) is 32.8 Å². The fourth-order valence-electron chi connectivity index (χ4n) is 2.97. The molecule has 0 aliphatic heterocycles. The van der Waals surface area contributed by atoms with Crippen LogP contribution in [0.1, 0.15) is 5.56 Å². The largest absolute Gasteiger partial charge is 0.499 e. The molecular weight excluding hydrogens is 340 g/mol. The van der Waals surface area contributed by atoms with Gasteiger partial charge in [0.2, 0.25) is 0 Å². The van der Waals surface area contributed by atoms with Gasteiger partial charge in [-0.2, -0.15) is 0 Å². The van der Waals surface area contributed by atoms with E-state index in [1.54, 1.807) is 5.19 Å². The van der Waals surface area contributed by atoms with Crippen LogP contribution in [0.25, 0.3) is 0 Å². The smallest absolute Gasteiger partial charge is 0.111 e. The molecule has 4 heteroatoms. The van der Waals surface area contributed by atoms with Crippen LogP contribution in [0.4, 0.5) is 0 Å². The van der Waals surface area contributed by atoms with Crippen molar-refractivity contribution in [2.24, 2.45) is 0 Å². The van der Waals surface area contributed by atoms with Gasteiger partial charge in [0.05, 0.1) is 34.7 Å². The van der Waals surface area contributed by atoms with Gasteiger partial charge in [-0.25, -0.2) is 0 Å². The van der Waals surface area contributed by atoms with Crippen molar-refractivity contribution in [2.75, 3.05) is 13.2 Å². The lowest BCUT2D eigenvalue weighted by molar-refractivity contribution is 0.0750. The molecule has 0 amide bonds. The third kappa shape index (κ3) is 4.72. The molecule has 0 atom stereocenters. The van der Waals surface area contributed by atoms with Gasteiger partial charge in [-0.3, -0.25) is 0 Å². The van der Waals surface area contributed by atoms with E-state index in [0.29, 0.717) is 19.8 Å². The highest BCUT2D eigenvalue weighted by Gasteiger charge is 2.43. The zero-order valence-corrected chi connectivity index (χ0v) is 17.9. The van der Waals surface area contributed by atoms with E-state index in [-0.39, 0.29) is 0 Å². The number of rotatable bonds is 9. The number of hydrogen-bond donors (Lipinski definition) is 0. The van der Waals surface area contributed by atoms with Gasteiger partial charge >= 0.3 is 0 Å². The third-order valence-corrected chi connectivity index (χ3v) is 23.3. The minimum absolute atomic E-state index is 0.554. The average molecular weight is 371 g/mol. The molecule has 0 aliphatic rings. The lowest BCUT2D eigenvalue weighted by Gasteiger charge is -2.39.